The van der Waals surface area contributed by atoms with Gasteiger partial charge >= 0.3 is 0 Å². The van der Waals surface area contributed by atoms with Gasteiger partial charge in [0, 0.05) is 5.56 Å². The molecule has 2 nitrogen and oxygen atoms in total. The molecule has 2 rings (SSSR count). The van der Waals surface area contributed by atoms with E-state index in [0.29, 0.717) is 10.0 Å². The van der Waals surface area contributed by atoms with E-state index in [4.69, 9.17) is 27.6 Å². The van der Waals surface area contributed by atoms with Gasteiger partial charge in [-0.05, 0) is 44.7 Å². The van der Waals surface area contributed by atoms with Crippen LogP contribution >= 0.6 is 23.2 Å². The minimum atomic E-state index is 0.0530. The fourth-order valence-electron chi connectivity index (χ4n) is 2.13. The highest BCUT2D eigenvalue weighted by Gasteiger charge is 2.18. The summed E-state index contributed by atoms with van der Waals surface area (Å²) in [6.07, 6.45) is 0. The Hall–Kier alpha value is -0.960. The summed E-state index contributed by atoms with van der Waals surface area (Å²) in [5, 5.41) is 4.40. The van der Waals surface area contributed by atoms with Crippen LogP contribution in [0.3, 0.4) is 0 Å². The van der Waals surface area contributed by atoms with Crippen molar-refractivity contribution in [3.05, 3.63) is 57.0 Å². The summed E-state index contributed by atoms with van der Waals surface area (Å²) >= 11 is 12.0. The Kier molecular flexibility index (Phi) is 4.00. The molecule has 0 bridgehead atoms. The number of benzene rings is 1. The second-order valence-corrected chi connectivity index (χ2v) is 5.08. The third-order valence-corrected chi connectivity index (χ3v) is 3.70. The maximum Gasteiger partial charge on any atom is 0.106 e. The SMILES string of the molecule is CNC(c1ccc(Cl)c(Cl)c1)c1cc(C)oc1C. The second kappa shape index (κ2) is 5.35. The minimum Gasteiger partial charge on any atom is -0.466 e. The van der Waals surface area contributed by atoms with Crippen LogP contribution in [-0.2, 0) is 0 Å². The fourth-order valence-corrected chi connectivity index (χ4v) is 2.44. The number of rotatable bonds is 3. The highest BCUT2D eigenvalue weighted by atomic mass is 35.5. The van der Waals surface area contributed by atoms with Gasteiger partial charge in [0.25, 0.3) is 0 Å². The van der Waals surface area contributed by atoms with E-state index < -0.39 is 0 Å². The topological polar surface area (TPSA) is 25.2 Å². The molecule has 0 aliphatic carbocycles. The van der Waals surface area contributed by atoms with E-state index in [9.17, 15) is 0 Å². The van der Waals surface area contributed by atoms with Crippen molar-refractivity contribution in [2.24, 2.45) is 0 Å². The van der Waals surface area contributed by atoms with Crippen molar-refractivity contribution in [1.29, 1.82) is 0 Å². The molecule has 96 valence electrons. The van der Waals surface area contributed by atoms with Crippen LogP contribution in [0.15, 0.2) is 28.7 Å². The first kappa shape index (κ1) is 13.5. The van der Waals surface area contributed by atoms with E-state index in [2.05, 4.69) is 5.32 Å². The molecule has 0 saturated carbocycles. The predicted molar refractivity (Wildman–Crippen MR) is 75.5 cm³/mol. The minimum absolute atomic E-state index is 0.0530. The lowest BCUT2D eigenvalue weighted by Crippen LogP contribution is -2.17. The number of hydrogen-bond acceptors (Lipinski definition) is 2. The highest BCUT2D eigenvalue weighted by Crippen LogP contribution is 2.31. The normalized spacial score (nSPS) is 12.7. The molecule has 2 aromatic rings. The Bertz CT molecular complexity index is 563. The van der Waals surface area contributed by atoms with Gasteiger partial charge in [0.1, 0.15) is 11.5 Å². The van der Waals surface area contributed by atoms with E-state index in [1.54, 1.807) is 0 Å². The van der Waals surface area contributed by atoms with Crippen molar-refractivity contribution < 1.29 is 4.42 Å². The molecule has 0 aliphatic heterocycles. The first-order valence-corrected chi connectivity index (χ1v) is 6.47. The molecule has 0 amide bonds. The average Bonchev–Trinajstić information content (AvgIpc) is 2.64. The Labute approximate surface area is 117 Å². The summed E-state index contributed by atoms with van der Waals surface area (Å²) in [5.41, 5.74) is 2.18. The molecule has 0 aliphatic rings. The van der Waals surface area contributed by atoms with Crippen molar-refractivity contribution in [3.8, 4) is 0 Å². The van der Waals surface area contributed by atoms with Gasteiger partial charge in [0.2, 0.25) is 0 Å². The van der Waals surface area contributed by atoms with E-state index in [1.807, 2.05) is 45.2 Å². The number of nitrogens with one attached hydrogen (secondary N) is 1. The van der Waals surface area contributed by atoms with Crippen LogP contribution in [0.1, 0.15) is 28.7 Å². The standard InChI is InChI=1S/C14H15Cl2NO/c1-8-6-11(9(2)18-8)14(17-3)10-4-5-12(15)13(16)7-10/h4-7,14,17H,1-3H3. The summed E-state index contributed by atoms with van der Waals surface area (Å²) in [6, 6.07) is 7.76. The zero-order valence-corrected chi connectivity index (χ0v) is 12.1. The van der Waals surface area contributed by atoms with Gasteiger partial charge in [0.15, 0.2) is 0 Å². The van der Waals surface area contributed by atoms with Crippen molar-refractivity contribution in [1.82, 2.24) is 5.32 Å². The fraction of sp³-hybridized carbons (Fsp3) is 0.286. The molecule has 1 aromatic carbocycles. The second-order valence-electron chi connectivity index (χ2n) is 4.26. The molecule has 4 heteroatoms. The van der Waals surface area contributed by atoms with Crippen molar-refractivity contribution in [2.75, 3.05) is 7.05 Å². The third kappa shape index (κ3) is 2.56. The Morgan fingerprint density at radius 2 is 1.83 bits per heavy atom. The van der Waals surface area contributed by atoms with Gasteiger partial charge in [-0.2, -0.15) is 0 Å². The first-order chi connectivity index (χ1) is 8.52. The van der Waals surface area contributed by atoms with Crippen molar-refractivity contribution in [2.45, 2.75) is 19.9 Å². The van der Waals surface area contributed by atoms with E-state index in [1.165, 1.54) is 0 Å². The van der Waals surface area contributed by atoms with Gasteiger partial charge in [-0.25, -0.2) is 0 Å². The van der Waals surface area contributed by atoms with Crippen LogP contribution in [0.5, 0.6) is 0 Å². The van der Waals surface area contributed by atoms with Gasteiger partial charge in [-0.1, -0.05) is 29.3 Å². The Morgan fingerprint density at radius 1 is 1.11 bits per heavy atom. The highest BCUT2D eigenvalue weighted by molar-refractivity contribution is 6.42. The number of aryl methyl sites for hydroxylation is 2. The smallest absolute Gasteiger partial charge is 0.106 e. The molecule has 0 saturated heterocycles. The Balaban J connectivity index is 2.45. The largest absolute Gasteiger partial charge is 0.466 e. The number of hydrogen-bond donors (Lipinski definition) is 1. The van der Waals surface area contributed by atoms with Crippen LogP contribution < -0.4 is 5.32 Å². The molecule has 0 fully saturated rings. The van der Waals surface area contributed by atoms with Crippen LogP contribution in [0, 0.1) is 13.8 Å². The third-order valence-electron chi connectivity index (χ3n) is 2.96. The first-order valence-electron chi connectivity index (χ1n) is 5.72. The van der Waals surface area contributed by atoms with E-state index in [-0.39, 0.29) is 6.04 Å². The predicted octanol–water partition coefficient (Wildman–Crippen LogP) is 4.51. The molecule has 1 aromatic heterocycles. The van der Waals surface area contributed by atoms with Crippen molar-refractivity contribution in [3.63, 3.8) is 0 Å². The summed E-state index contributed by atoms with van der Waals surface area (Å²) in [6.45, 7) is 3.91. The maximum atomic E-state index is 6.06. The molecular formula is C14H15Cl2NO. The molecule has 1 heterocycles. The molecule has 1 N–H and O–H groups in total. The van der Waals surface area contributed by atoms with Gasteiger partial charge in [-0.15, -0.1) is 0 Å². The summed E-state index contributed by atoms with van der Waals surface area (Å²) in [5.74, 6) is 1.82. The van der Waals surface area contributed by atoms with E-state index >= 15 is 0 Å². The lowest BCUT2D eigenvalue weighted by atomic mass is 9.99. The summed E-state index contributed by atoms with van der Waals surface area (Å²) in [4.78, 5) is 0. The monoisotopic (exact) mass is 283 g/mol. The molecule has 0 radical (unpaired) electrons. The quantitative estimate of drug-likeness (QED) is 0.897. The van der Waals surface area contributed by atoms with Crippen LogP contribution in [0.4, 0.5) is 0 Å². The maximum absolute atomic E-state index is 6.06. The average molecular weight is 284 g/mol. The number of furan rings is 1. The zero-order valence-electron chi connectivity index (χ0n) is 10.6. The van der Waals surface area contributed by atoms with Gasteiger partial charge in [-0.3, -0.25) is 0 Å². The van der Waals surface area contributed by atoms with Crippen LogP contribution in [-0.4, -0.2) is 7.05 Å². The Morgan fingerprint density at radius 3 is 2.33 bits per heavy atom. The lowest BCUT2D eigenvalue weighted by Gasteiger charge is -2.16. The lowest BCUT2D eigenvalue weighted by molar-refractivity contribution is 0.497. The van der Waals surface area contributed by atoms with Gasteiger partial charge < -0.3 is 9.73 Å². The van der Waals surface area contributed by atoms with Crippen LogP contribution in [0.2, 0.25) is 10.0 Å². The molecule has 1 atom stereocenters. The zero-order chi connectivity index (χ0) is 13.3. The summed E-state index contributed by atoms with van der Waals surface area (Å²) < 4.78 is 5.57. The molecule has 18 heavy (non-hydrogen) atoms. The van der Waals surface area contributed by atoms with E-state index in [0.717, 1.165) is 22.6 Å². The summed E-state index contributed by atoms with van der Waals surface area (Å²) in [7, 11) is 1.91. The van der Waals surface area contributed by atoms with Crippen LogP contribution in [0.25, 0.3) is 0 Å². The van der Waals surface area contributed by atoms with Crippen molar-refractivity contribution >= 4 is 23.2 Å². The number of halogens is 2. The molecule has 0 spiro atoms. The molecular weight excluding hydrogens is 269 g/mol. The van der Waals surface area contributed by atoms with Gasteiger partial charge in [0.05, 0.1) is 16.1 Å². The molecule has 1 unspecified atom stereocenters.